The lowest BCUT2D eigenvalue weighted by Gasteiger charge is -2.20. The third-order valence-electron chi connectivity index (χ3n) is 3.33. The summed E-state index contributed by atoms with van der Waals surface area (Å²) >= 11 is 0. The van der Waals surface area contributed by atoms with Gasteiger partial charge in [-0.25, -0.2) is 0 Å². The van der Waals surface area contributed by atoms with Crippen LogP contribution in [0, 0.1) is 5.41 Å². The number of hydrogen-bond acceptors (Lipinski definition) is 0. The van der Waals surface area contributed by atoms with E-state index in [0.29, 0.717) is 0 Å². The molecule has 2 fully saturated rings. The Bertz CT molecular complexity index is 82.6. The molecule has 0 aromatic heterocycles. The molecule has 0 radical (unpaired) electrons. The van der Waals surface area contributed by atoms with Crippen LogP contribution < -0.4 is 0 Å². The van der Waals surface area contributed by atoms with Gasteiger partial charge >= 0.3 is 0 Å². The molecule has 0 saturated heterocycles. The highest BCUT2D eigenvalue weighted by atomic mass is 35.5. The minimum Gasteiger partial charge on any atom is -0.147 e. The molecule has 0 atom stereocenters. The second-order valence-corrected chi connectivity index (χ2v) is 3.91. The van der Waals surface area contributed by atoms with E-state index in [1.165, 1.54) is 25.7 Å². The van der Waals surface area contributed by atoms with E-state index in [1.54, 1.807) is 25.7 Å². The molecular formula is C9H18Cl2. The van der Waals surface area contributed by atoms with Crippen molar-refractivity contribution < 1.29 is 0 Å². The van der Waals surface area contributed by atoms with Crippen molar-refractivity contribution in [1.82, 2.24) is 0 Å². The van der Waals surface area contributed by atoms with Crippen LogP contribution in [0.15, 0.2) is 0 Å². The van der Waals surface area contributed by atoms with Crippen molar-refractivity contribution in [2.24, 2.45) is 5.41 Å². The van der Waals surface area contributed by atoms with Gasteiger partial charge in [-0.3, -0.25) is 0 Å². The Morgan fingerprint density at radius 1 is 0.545 bits per heavy atom. The molecule has 2 rings (SSSR count). The van der Waals surface area contributed by atoms with E-state index in [0.717, 1.165) is 5.41 Å². The van der Waals surface area contributed by atoms with E-state index in [2.05, 4.69) is 0 Å². The molecule has 2 heteroatoms. The summed E-state index contributed by atoms with van der Waals surface area (Å²) < 4.78 is 0. The maximum atomic E-state index is 1.56. The molecule has 0 aromatic carbocycles. The molecule has 2 aliphatic rings. The lowest BCUT2D eigenvalue weighted by molar-refractivity contribution is 0.309. The van der Waals surface area contributed by atoms with Crippen molar-refractivity contribution in [3.63, 3.8) is 0 Å². The van der Waals surface area contributed by atoms with Gasteiger partial charge in [0.15, 0.2) is 0 Å². The lowest BCUT2D eigenvalue weighted by atomic mass is 9.85. The summed E-state index contributed by atoms with van der Waals surface area (Å²) in [5.41, 5.74) is 0.889. The summed E-state index contributed by atoms with van der Waals surface area (Å²) in [6, 6.07) is 0. The van der Waals surface area contributed by atoms with Crippen molar-refractivity contribution in [1.29, 1.82) is 0 Å². The minimum atomic E-state index is 0. The first-order valence-corrected chi connectivity index (χ1v) is 4.41. The highest BCUT2D eigenvalue weighted by Gasteiger charge is 2.35. The van der Waals surface area contributed by atoms with Crippen LogP contribution in [0.2, 0.25) is 0 Å². The average Bonchev–Trinajstić information content (AvgIpc) is 2.45. The van der Waals surface area contributed by atoms with E-state index in [9.17, 15) is 0 Å². The molecule has 2 saturated carbocycles. The van der Waals surface area contributed by atoms with Crippen LogP contribution >= 0.6 is 24.8 Å². The highest BCUT2D eigenvalue weighted by molar-refractivity contribution is 5.85. The monoisotopic (exact) mass is 196 g/mol. The van der Waals surface area contributed by atoms with Gasteiger partial charge in [-0.15, -0.1) is 24.8 Å². The predicted molar refractivity (Wildman–Crippen MR) is 53.9 cm³/mol. The SMILES string of the molecule is C1CCC2(C1)CCCC2.Cl.Cl. The summed E-state index contributed by atoms with van der Waals surface area (Å²) in [6.07, 6.45) is 12.4. The fourth-order valence-electron chi connectivity index (χ4n) is 2.75. The summed E-state index contributed by atoms with van der Waals surface area (Å²) in [6.45, 7) is 0. The third kappa shape index (κ3) is 2.26. The Kier molecular flexibility index (Phi) is 4.81. The van der Waals surface area contributed by atoms with Crippen molar-refractivity contribution in [2.45, 2.75) is 51.4 Å². The second kappa shape index (κ2) is 4.57. The van der Waals surface area contributed by atoms with Gasteiger partial charge in [0.2, 0.25) is 0 Å². The fourth-order valence-corrected chi connectivity index (χ4v) is 2.75. The Morgan fingerprint density at radius 2 is 0.818 bits per heavy atom. The quantitative estimate of drug-likeness (QED) is 0.551. The van der Waals surface area contributed by atoms with Crippen LogP contribution in [0.4, 0.5) is 0 Å². The van der Waals surface area contributed by atoms with E-state index >= 15 is 0 Å². The highest BCUT2D eigenvalue weighted by Crippen LogP contribution is 2.50. The molecular weight excluding hydrogens is 179 g/mol. The first-order valence-electron chi connectivity index (χ1n) is 4.41. The third-order valence-corrected chi connectivity index (χ3v) is 3.33. The second-order valence-electron chi connectivity index (χ2n) is 3.91. The fraction of sp³-hybridized carbons (Fsp3) is 1.00. The van der Waals surface area contributed by atoms with Crippen LogP contribution in [-0.2, 0) is 0 Å². The van der Waals surface area contributed by atoms with Crippen LogP contribution in [0.25, 0.3) is 0 Å². The lowest BCUT2D eigenvalue weighted by Crippen LogP contribution is -2.08. The Morgan fingerprint density at radius 3 is 1.09 bits per heavy atom. The first-order chi connectivity index (χ1) is 4.41. The molecule has 11 heavy (non-hydrogen) atoms. The van der Waals surface area contributed by atoms with E-state index < -0.39 is 0 Å². The Labute approximate surface area is 82.0 Å². The maximum Gasteiger partial charge on any atom is -0.0297 e. The van der Waals surface area contributed by atoms with Gasteiger partial charge in [-0.1, -0.05) is 25.7 Å². The summed E-state index contributed by atoms with van der Waals surface area (Å²) in [7, 11) is 0. The molecule has 0 aliphatic heterocycles. The van der Waals surface area contributed by atoms with Gasteiger partial charge in [0.1, 0.15) is 0 Å². The van der Waals surface area contributed by atoms with Gasteiger partial charge in [0.05, 0.1) is 0 Å². The van der Waals surface area contributed by atoms with Crippen LogP contribution in [0.1, 0.15) is 51.4 Å². The molecule has 0 nitrogen and oxygen atoms in total. The Balaban J connectivity index is 0.000000500. The van der Waals surface area contributed by atoms with Gasteiger partial charge in [-0.2, -0.15) is 0 Å². The largest absolute Gasteiger partial charge is 0.147 e. The number of rotatable bonds is 0. The van der Waals surface area contributed by atoms with Crippen molar-refractivity contribution in [3.8, 4) is 0 Å². The van der Waals surface area contributed by atoms with Crippen molar-refractivity contribution in [3.05, 3.63) is 0 Å². The standard InChI is InChI=1S/C9H16.2ClH/c1-2-6-9(5-1)7-3-4-8-9;;/h1-8H2;2*1H. The number of halogens is 2. The van der Waals surface area contributed by atoms with Crippen molar-refractivity contribution in [2.75, 3.05) is 0 Å². The minimum absolute atomic E-state index is 0. The van der Waals surface area contributed by atoms with Gasteiger partial charge in [0.25, 0.3) is 0 Å². The Hall–Kier alpha value is 0.580. The van der Waals surface area contributed by atoms with Crippen LogP contribution in [-0.4, -0.2) is 0 Å². The summed E-state index contributed by atoms with van der Waals surface area (Å²) in [5, 5.41) is 0. The molecule has 0 amide bonds. The van der Waals surface area contributed by atoms with E-state index in [-0.39, 0.29) is 24.8 Å². The summed E-state index contributed by atoms with van der Waals surface area (Å²) in [5.74, 6) is 0. The topological polar surface area (TPSA) is 0 Å². The zero-order valence-corrected chi connectivity index (χ0v) is 8.61. The van der Waals surface area contributed by atoms with Crippen LogP contribution in [0.5, 0.6) is 0 Å². The average molecular weight is 197 g/mol. The van der Waals surface area contributed by atoms with E-state index in [4.69, 9.17) is 0 Å². The van der Waals surface area contributed by atoms with Gasteiger partial charge < -0.3 is 0 Å². The van der Waals surface area contributed by atoms with Crippen LogP contribution in [0.3, 0.4) is 0 Å². The molecule has 0 unspecified atom stereocenters. The first kappa shape index (κ1) is 11.6. The normalized spacial score (nSPS) is 26.2. The smallest absolute Gasteiger partial charge is 0.0297 e. The molecule has 0 heterocycles. The molecule has 0 bridgehead atoms. The van der Waals surface area contributed by atoms with E-state index in [1.807, 2.05) is 0 Å². The molecule has 68 valence electrons. The predicted octanol–water partition coefficient (Wildman–Crippen LogP) is 3.96. The van der Waals surface area contributed by atoms with Gasteiger partial charge in [0, 0.05) is 0 Å². The maximum absolute atomic E-state index is 1.56. The zero-order valence-electron chi connectivity index (χ0n) is 6.97. The molecule has 0 N–H and O–H groups in total. The van der Waals surface area contributed by atoms with Crippen molar-refractivity contribution >= 4 is 24.8 Å². The number of hydrogen-bond donors (Lipinski definition) is 0. The zero-order chi connectivity index (χ0) is 6.16. The molecule has 0 aromatic rings. The van der Waals surface area contributed by atoms with Gasteiger partial charge in [-0.05, 0) is 31.1 Å². The summed E-state index contributed by atoms with van der Waals surface area (Å²) in [4.78, 5) is 0. The molecule has 2 aliphatic carbocycles. The molecule has 1 spiro atoms.